The van der Waals surface area contributed by atoms with Crippen molar-refractivity contribution in [2.24, 2.45) is 5.92 Å². The Labute approximate surface area is 141 Å². The monoisotopic (exact) mass is 354 g/mol. The van der Waals surface area contributed by atoms with Crippen LogP contribution >= 0.6 is 0 Å². The van der Waals surface area contributed by atoms with Crippen molar-refractivity contribution in [2.45, 2.75) is 37.8 Å². The Kier molecular flexibility index (Phi) is 5.29. The lowest BCUT2D eigenvalue weighted by Crippen LogP contribution is -2.63. The Hall–Kier alpha value is -1.93. The Morgan fingerprint density at radius 1 is 1.17 bits per heavy atom. The van der Waals surface area contributed by atoms with Gasteiger partial charge in [-0.25, -0.2) is 13.2 Å². The molecule has 132 valence electrons. The maximum absolute atomic E-state index is 12.7. The lowest BCUT2D eigenvalue weighted by Gasteiger charge is -2.43. The first-order valence-corrected chi connectivity index (χ1v) is 9.20. The highest BCUT2D eigenvalue weighted by Crippen LogP contribution is 2.24. The fourth-order valence-electron chi connectivity index (χ4n) is 2.85. The number of aliphatic carboxylic acids is 1. The second-order valence-electron chi connectivity index (χ2n) is 6.24. The van der Waals surface area contributed by atoms with Crippen molar-refractivity contribution < 1.29 is 23.1 Å². The van der Waals surface area contributed by atoms with E-state index in [0.29, 0.717) is 0 Å². The van der Waals surface area contributed by atoms with Crippen LogP contribution in [0.25, 0.3) is 0 Å². The molecule has 2 atom stereocenters. The molecule has 1 aromatic rings. The Morgan fingerprint density at radius 2 is 1.75 bits per heavy atom. The van der Waals surface area contributed by atoms with Crippen molar-refractivity contribution in [1.29, 1.82) is 0 Å². The van der Waals surface area contributed by atoms with Crippen LogP contribution in [0, 0.1) is 5.92 Å². The zero-order valence-electron chi connectivity index (χ0n) is 13.9. The molecule has 1 fully saturated rings. The molecule has 0 saturated carbocycles. The van der Waals surface area contributed by atoms with Crippen LogP contribution in [0.15, 0.2) is 35.2 Å². The molecule has 0 unspecified atom stereocenters. The summed E-state index contributed by atoms with van der Waals surface area (Å²) in [6, 6.07) is 6.17. The molecular weight excluding hydrogens is 332 g/mol. The number of sulfonamides is 1. The number of carbonyl (C=O) groups excluding carboxylic acids is 1. The molecule has 1 aromatic carbocycles. The van der Waals surface area contributed by atoms with Gasteiger partial charge in [0.1, 0.15) is 6.04 Å². The average Bonchev–Trinajstić information content (AvgIpc) is 2.54. The van der Waals surface area contributed by atoms with Gasteiger partial charge in [0, 0.05) is 25.0 Å². The van der Waals surface area contributed by atoms with Crippen molar-refractivity contribution in [3.8, 4) is 0 Å². The van der Waals surface area contributed by atoms with Crippen LogP contribution in [0.3, 0.4) is 0 Å². The maximum Gasteiger partial charge on any atom is 0.327 e. The number of carboxylic acid groups (broad SMARTS) is 1. The second kappa shape index (κ2) is 6.90. The summed E-state index contributed by atoms with van der Waals surface area (Å²) in [5.41, 5.74) is 0. The summed E-state index contributed by atoms with van der Waals surface area (Å²) in [4.78, 5) is 25.4. The first-order chi connectivity index (χ1) is 11.2. The smallest absolute Gasteiger partial charge is 0.327 e. The molecule has 0 aliphatic carbocycles. The van der Waals surface area contributed by atoms with Crippen LogP contribution in [-0.4, -0.2) is 59.8 Å². The third kappa shape index (κ3) is 3.44. The Morgan fingerprint density at radius 3 is 2.25 bits per heavy atom. The van der Waals surface area contributed by atoms with Crippen LogP contribution in [0.4, 0.5) is 0 Å². The number of hydrogen-bond donors (Lipinski definition) is 1. The molecule has 1 aliphatic heterocycles. The molecule has 7 nitrogen and oxygen atoms in total. The normalized spacial score (nSPS) is 22.6. The molecule has 8 heteroatoms. The molecule has 1 aliphatic rings. The van der Waals surface area contributed by atoms with Crippen LogP contribution in [-0.2, 0) is 19.6 Å². The molecule has 1 heterocycles. The van der Waals surface area contributed by atoms with Crippen molar-refractivity contribution in [2.75, 3.05) is 13.1 Å². The summed E-state index contributed by atoms with van der Waals surface area (Å²) in [5, 5.41) is 9.50. The lowest BCUT2D eigenvalue weighted by atomic mass is 10.0. The van der Waals surface area contributed by atoms with Crippen LogP contribution < -0.4 is 0 Å². The van der Waals surface area contributed by atoms with Crippen LogP contribution in [0.2, 0.25) is 0 Å². The van der Waals surface area contributed by atoms with E-state index in [0.717, 1.165) is 4.31 Å². The summed E-state index contributed by atoms with van der Waals surface area (Å²) < 4.78 is 26.6. The highest BCUT2D eigenvalue weighted by molar-refractivity contribution is 7.89. The van der Waals surface area contributed by atoms with Gasteiger partial charge in [-0.3, -0.25) is 4.79 Å². The SMILES string of the molecule is CC(C)C(=O)N1[C@H](C)CN(S(=O)(=O)c2ccccc2)C[C@@H]1C(=O)O. The topological polar surface area (TPSA) is 95.0 Å². The zero-order valence-corrected chi connectivity index (χ0v) is 14.7. The fraction of sp³-hybridized carbons (Fsp3) is 0.500. The van der Waals surface area contributed by atoms with E-state index in [-0.39, 0.29) is 29.8 Å². The van der Waals surface area contributed by atoms with Crippen LogP contribution in [0.1, 0.15) is 20.8 Å². The zero-order chi connectivity index (χ0) is 18.1. The van der Waals surface area contributed by atoms with Gasteiger partial charge in [0.15, 0.2) is 0 Å². The van der Waals surface area contributed by atoms with Gasteiger partial charge in [-0.2, -0.15) is 4.31 Å². The molecule has 24 heavy (non-hydrogen) atoms. The fourth-order valence-corrected chi connectivity index (χ4v) is 4.40. The van der Waals surface area contributed by atoms with Gasteiger partial charge in [0.25, 0.3) is 0 Å². The maximum atomic E-state index is 12.7. The number of carboxylic acids is 1. The minimum Gasteiger partial charge on any atom is -0.480 e. The summed E-state index contributed by atoms with van der Waals surface area (Å²) in [5.74, 6) is -1.85. The number of benzene rings is 1. The first-order valence-electron chi connectivity index (χ1n) is 7.76. The Bertz CT molecular complexity index is 717. The van der Waals surface area contributed by atoms with E-state index in [4.69, 9.17) is 0 Å². The molecule has 0 spiro atoms. The van der Waals surface area contributed by atoms with Gasteiger partial charge in [-0.15, -0.1) is 0 Å². The van der Waals surface area contributed by atoms with E-state index >= 15 is 0 Å². The number of piperazine rings is 1. The summed E-state index contributed by atoms with van der Waals surface area (Å²) >= 11 is 0. The van der Waals surface area contributed by atoms with Gasteiger partial charge in [0.05, 0.1) is 4.90 Å². The molecule has 2 rings (SSSR count). The quantitative estimate of drug-likeness (QED) is 0.871. The number of amides is 1. The van der Waals surface area contributed by atoms with Gasteiger partial charge in [-0.05, 0) is 19.1 Å². The molecule has 1 N–H and O–H groups in total. The van der Waals surface area contributed by atoms with Crippen molar-refractivity contribution in [3.05, 3.63) is 30.3 Å². The minimum atomic E-state index is -3.80. The van der Waals surface area contributed by atoms with E-state index in [2.05, 4.69) is 0 Å². The highest BCUT2D eigenvalue weighted by atomic mass is 32.2. The lowest BCUT2D eigenvalue weighted by molar-refractivity contribution is -0.156. The summed E-state index contributed by atoms with van der Waals surface area (Å²) in [6.45, 7) is 4.87. The molecule has 0 radical (unpaired) electrons. The van der Waals surface area contributed by atoms with Crippen molar-refractivity contribution >= 4 is 21.9 Å². The number of rotatable bonds is 4. The van der Waals surface area contributed by atoms with Crippen molar-refractivity contribution in [1.82, 2.24) is 9.21 Å². The van der Waals surface area contributed by atoms with E-state index < -0.39 is 28.1 Å². The number of carbonyl (C=O) groups is 2. The van der Waals surface area contributed by atoms with Crippen LogP contribution in [0.5, 0.6) is 0 Å². The van der Waals surface area contributed by atoms with E-state index in [1.54, 1.807) is 39.0 Å². The predicted molar refractivity (Wildman–Crippen MR) is 87.8 cm³/mol. The number of hydrogen-bond acceptors (Lipinski definition) is 4. The van der Waals surface area contributed by atoms with Gasteiger partial charge >= 0.3 is 5.97 Å². The van der Waals surface area contributed by atoms with Gasteiger partial charge in [-0.1, -0.05) is 32.0 Å². The minimum absolute atomic E-state index is 0.0689. The van der Waals surface area contributed by atoms with E-state index in [1.165, 1.54) is 17.0 Å². The largest absolute Gasteiger partial charge is 0.480 e. The molecule has 0 bridgehead atoms. The first kappa shape index (κ1) is 18.4. The van der Waals surface area contributed by atoms with Gasteiger partial charge < -0.3 is 10.0 Å². The average molecular weight is 354 g/mol. The van der Waals surface area contributed by atoms with E-state index in [9.17, 15) is 23.1 Å². The summed E-state index contributed by atoms with van der Waals surface area (Å²) in [7, 11) is -3.80. The third-order valence-electron chi connectivity index (χ3n) is 4.07. The Balaban J connectivity index is 2.35. The number of nitrogens with zero attached hydrogens (tertiary/aromatic N) is 2. The van der Waals surface area contributed by atoms with Crippen molar-refractivity contribution in [3.63, 3.8) is 0 Å². The molecular formula is C16H22N2O5S. The molecule has 1 saturated heterocycles. The van der Waals surface area contributed by atoms with E-state index in [1.807, 2.05) is 0 Å². The highest BCUT2D eigenvalue weighted by Gasteiger charge is 2.43. The second-order valence-corrected chi connectivity index (χ2v) is 8.18. The third-order valence-corrected chi connectivity index (χ3v) is 5.92. The molecule has 0 aromatic heterocycles. The predicted octanol–water partition coefficient (Wildman–Crippen LogP) is 1.02. The standard InChI is InChI=1S/C16H22N2O5S/c1-11(2)15(19)18-12(3)9-17(10-14(18)16(20)21)24(22,23)13-7-5-4-6-8-13/h4-8,11-12,14H,9-10H2,1-3H3,(H,20,21)/t12-,14-/m1/s1. The van der Waals surface area contributed by atoms with Gasteiger partial charge in [0.2, 0.25) is 15.9 Å². The summed E-state index contributed by atoms with van der Waals surface area (Å²) in [6.07, 6.45) is 0. The molecule has 1 amide bonds.